The van der Waals surface area contributed by atoms with Crippen LogP contribution in [0.3, 0.4) is 0 Å². The topological polar surface area (TPSA) is 50.3 Å². The maximum atomic E-state index is 13.4. The zero-order chi connectivity index (χ0) is 24.9. The number of imide groups is 1. The molecule has 0 atom stereocenters. The van der Waals surface area contributed by atoms with Gasteiger partial charge in [-0.15, -0.1) is 0 Å². The number of hydrogen-bond donors (Lipinski definition) is 0. The molecule has 1 aromatic heterocycles. The Balaban J connectivity index is 1.67. The Hall–Kier alpha value is -4.31. The number of aromatic nitrogens is 1. The van der Waals surface area contributed by atoms with E-state index in [0.717, 1.165) is 22.3 Å². The Bertz CT molecular complexity index is 1380. The highest BCUT2D eigenvalue weighted by Crippen LogP contribution is 2.37. The van der Waals surface area contributed by atoms with Crippen molar-refractivity contribution in [3.8, 4) is 0 Å². The van der Waals surface area contributed by atoms with Crippen LogP contribution in [0.1, 0.15) is 54.2 Å². The lowest BCUT2D eigenvalue weighted by molar-refractivity contribution is -0.112. The molecular weight excluding hydrogens is 432 g/mol. The van der Waals surface area contributed by atoms with Gasteiger partial charge in [0.15, 0.2) is 0 Å². The van der Waals surface area contributed by atoms with Crippen LogP contribution in [0.25, 0.3) is 16.7 Å². The number of amides is 2. The van der Waals surface area contributed by atoms with Gasteiger partial charge in [0.25, 0.3) is 11.8 Å². The van der Waals surface area contributed by atoms with Gasteiger partial charge in [0, 0.05) is 29.1 Å². The van der Waals surface area contributed by atoms with Gasteiger partial charge in [0.05, 0.1) is 5.69 Å². The third-order valence-electron chi connectivity index (χ3n) is 6.06. The smallest absolute Gasteiger partial charge is 0.265 e. The molecule has 0 spiro atoms. The van der Waals surface area contributed by atoms with Gasteiger partial charge in [-0.05, 0) is 79.8 Å². The van der Waals surface area contributed by atoms with Crippen molar-refractivity contribution in [3.63, 3.8) is 0 Å². The lowest BCUT2D eigenvalue weighted by Crippen LogP contribution is -2.42. The van der Waals surface area contributed by atoms with E-state index >= 15 is 0 Å². The first-order valence-corrected chi connectivity index (χ1v) is 11.6. The monoisotopic (exact) mass is 460 g/mol. The molecule has 4 nitrogen and oxygen atoms in total. The maximum Gasteiger partial charge on any atom is 0.265 e. The van der Waals surface area contributed by atoms with Crippen LogP contribution in [0, 0.1) is 0 Å². The number of carbonyl (C=O) groups is 2. The van der Waals surface area contributed by atoms with E-state index in [1.807, 2.05) is 49.4 Å². The molecule has 0 bridgehead atoms. The van der Waals surface area contributed by atoms with Gasteiger partial charge < -0.3 is 0 Å². The predicted molar refractivity (Wildman–Crippen MR) is 144 cm³/mol. The average Bonchev–Trinajstić information content (AvgIpc) is 2.87. The molecule has 0 unspecified atom stereocenters. The van der Waals surface area contributed by atoms with Crippen LogP contribution in [-0.4, -0.2) is 16.8 Å². The molecule has 35 heavy (non-hydrogen) atoms. The van der Waals surface area contributed by atoms with Gasteiger partial charge in [0.1, 0.15) is 0 Å². The summed E-state index contributed by atoms with van der Waals surface area (Å²) in [7, 11) is 0. The fourth-order valence-corrected chi connectivity index (χ4v) is 4.35. The third-order valence-corrected chi connectivity index (χ3v) is 6.06. The second kappa shape index (κ2) is 10.3. The number of allylic oxidation sites excluding steroid dienone is 6. The molecule has 4 heteroatoms. The first kappa shape index (κ1) is 23.8. The fraction of sp³-hybridized carbons (Fsp3) is 0.129. The van der Waals surface area contributed by atoms with Crippen molar-refractivity contribution in [2.24, 2.45) is 0 Å². The SMILES string of the molecule is C=C(C/C=C\C(=C(C)C)c1ccncc1)c1cccc2c1/C(=C\C)C(=O)N(c1ccccc1)C2=O. The number of benzene rings is 2. The van der Waals surface area contributed by atoms with E-state index in [0.29, 0.717) is 28.8 Å². The minimum atomic E-state index is -0.323. The lowest BCUT2D eigenvalue weighted by Gasteiger charge is -2.30. The molecule has 0 radical (unpaired) electrons. The number of fused-ring (bicyclic) bond motifs is 1. The largest absolute Gasteiger partial charge is 0.268 e. The Labute approximate surface area is 206 Å². The summed E-state index contributed by atoms with van der Waals surface area (Å²) in [6.07, 6.45) is 10.1. The number of rotatable bonds is 6. The molecule has 174 valence electrons. The van der Waals surface area contributed by atoms with Gasteiger partial charge in [-0.3, -0.25) is 14.6 Å². The number of carbonyl (C=O) groups excluding carboxylic acids is 2. The molecule has 2 amide bonds. The van der Waals surface area contributed by atoms with Crippen LogP contribution in [0.15, 0.2) is 103 Å². The van der Waals surface area contributed by atoms with Gasteiger partial charge in [-0.2, -0.15) is 0 Å². The molecule has 4 rings (SSSR count). The highest BCUT2D eigenvalue weighted by atomic mass is 16.2. The Morgan fingerprint density at radius 2 is 1.66 bits per heavy atom. The Kier molecular flexibility index (Phi) is 7.02. The zero-order valence-corrected chi connectivity index (χ0v) is 20.3. The minimum Gasteiger partial charge on any atom is -0.268 e. The standard InChI is InChI=1S/C31H28N2O2/c1-5-25-29-27(22(4)11-9-14-26(21(2)3)23-17-19-32-20-18-23)15-10-16-28(29)31(35)33(30(25)34)24-12-7-6-8-13-24/h5-10,12-20H,4,11H2,1-3H3/b14-9-,25-5+. The summed E-state index contributed by atoms with van der Waals surface area (Å²) in [6.45, 7) is 10.3. The first-order chi connectivity index (χ1) is 16.9. The molecule has 0 saturated heterocycles. The van der Waals surface area contributed by atoms with E-state index < -0.39 is 0 Å². The van der Waals surface area contributed by atoms with Gasteiger partial charge in [0.2, 0.25) is 0 Å². The zero-order valence-electron chi connectivity index (χ0n) is 20.3. The van der Waals surface area contributed by atoms with Gasteiger partial charge >= 0.3 is 0 Å². The van der Waals surface area contributed by atoms with E-state index in [9.17, 15) is 9.59 Å². The summed E-state index contributed by atoms with van der Waals surface area (Å²) in [6, 6.07) is 18.6. The van der Waals surface area contributed by atoms with Crippen LogP contribution in [0.2, 0.25) is 0 Å². The summed E-state index contributed by atoms with van der Waals surface area (Å²) in [4.78, 5) is 32.2. The van der Waals surface area contributed by atoms with Gasteiger partial charge in [-0.25, -0.2) is 4.90 Å². The average molecular weight is 461 g/mol. The van der Waals surface area contributed by atoms with Crippen LogP contribution in [0.5, 0.6) is 0 Å². The van der Waals surface area contributed by atoms with E-state index in [-0.39, 0.29) is 11.8 Å². The molecule has 1 aliphatic heterocycles. The molecule has 1 aliphatic rings. The summed E-state index contributed by atoms with van der Waals surface area (Å²) >= 11 is 0. The van der Waals surface area contributed by atoms with Crippen LogP contribution < -0.4 is 4.90 Å². The second-order valence-corrected chi connectivity index (χ2v) is 8.57. The molecule has 0 fully saturated rings. The number of anilines is 1. The summed E-state index contributed by atoms with van der Waals surface area (Å²) < 4.78 is 0. The highest BCUT2D eigenvalue weighted by Gasteiger charge is 2.37. The summed E-state index contributed by atoms with van der Waals surface area (Å²) in [5.41, 5.74) is 7.32. The second-order valence-electron chi connectivity index (χ2n) is 8.57. The third kappa shape index (κ3) is 4.69. The maximum absolute atomic E-state index is 13.4. The summed E-state index contributed by atoms with van der Waals surface area (Å²) in [5.74, 6) is -0.645. The molecule has 0 N–H and O–H groups in total. The first-order valence-electron chi connectivity index (χ1n) is 11.6. The number of para-hydroxylation sites is 1. The van der Waals surface area contributed by atoms with E-state index in [4.69, 9.17) is 0 Å². The van der Waals surface area contributed by atoms with Crippen LogP contribution >= 0.6 is 0 Å². The van der Waals surface area contributed by atoms with Crippen molar-refractivity contribution in [1.82, 2.24) is 4.98 Å². The molecule has 0 saturated carbocycles. The van der Waals surface area contributed by atoms with E-state index in [1.54, 1.807) is 36.7 Å². The van der Waals surface area contributed by atoms with Gasteiger partial charge in [-0.1, -0.05) is 60.7 Å². The minimum absolute atomic E-state index is 0.323. The summed E-state index contributed by atoms with van der Waals surface area (Å²) in [5, 5.41) is 0. The molecule has 0 aliphatic carbocycles. The normalized spacial score (nSPS) is 14.4. The molecular formula is C31H28N2O2. The van der Waals surface area contributed by atoms with Crippen molar-refractivity contribution in [2.45, 2.75) is 27.2 Å². The highest BCUT2D eigenvalue weighted by molar-refractivity contribution is 6.41. The number of pyridine rings is 1. The van der Waals surface area contributed by atoms with Crippen molar-refractivity contribution in [1.29, 1.82) is 0 Å². The molecule has 2 heterocycles. The van der Waals surface area contributed by atoms with E-state index in [1.165, 1.54) is 10.5 Å². The quantitative estimate of drug-likeness (QED) is 0.223. The van der Waals surface area contributed by atoms with Crippen LogP contribution in [-0.2, 0) is 4.79 Å². The number of nitrogens with zero attached hydrogens (tertiary/aromatic N) is 2. The number of hydrogen-bond acceptors (Lipinski definition) is 3. The molecule has 3 aromatic rings. The fourth-order valence-electron chi connectivity index (χ4n) is 4.35. The Morgan fingerprint density at radius 3 is 2.31 bits per heavy atom. The predicted octanol–water partition coefficient (Wildman–Crippen LogP) is 7.13. The van der Waals surface area contributed by atoms with Crippen molar-refractivity contribution >= 4 is 34.2 Å². The van der Waals surface area contributed by atoms with Crippen molar-refractivity contribution in [3.05, 3.63) is 126 Å². The Morgan fingerprint density at radius 1 is 0.943 bits per heavy atom. The van der Waals surface area contributed by atoms with Crippen LogP contribution in [0.4, 0.5) is 5.69 Å². The van der Waals surface area contributed by atoms with E-state index in [2.05, 4.69) is 37.6 Å². The molecule has 2 aromatic carbocycles. The lowest BCUT2D eigenvalue weighted by atomic mass is 9.85. The van der Waals surface area contributed by atoms with Crippen molar-refractivity contribution in [2.75, 3.05) is 4.90 Å². The van der Waals surface area contributed by atoms with Crippen molar-refractivity contribution < 1.29 is 9.59 Å².